The number of aryl methyl sites for hydroxylation is 1. The Morgan fingerprint density at radius 1 is 1.25 bits per heavy atom. The molecule has 1 N–H and O–H groups in total. The number of aromatic nitrogens is 2. The minimum Gasteiger partial charge on any atom is -0.378 e. The van der Waals surface area contributed by atoms with Gasteiger partial charge in [0.15, 0.2) is 0 Å². The molecule has 2 heterocycles. The van der Waals surface area contributed by atoms with E-state index in [0.717, 1.165) is 43.0 Å². The van der Waals surface area contributed by atoms with Crippen molar-refractivity contribution < 1.29 is 4.74 Å². The van der Waals surface area contributed by atoms with Gasteiger partial charge in [-0.3, -0.25) is 14.9 Å². The Labute approximate surface area is 141 Å². The lowest BCUT2D eigenvalue weighted by molar-refractivity contribution is 0.0393. The molecule has 3 rings (SSSR count). The zero-order chi connectivity index (χ0) is 16.9. The quantitative estimate of drug-likeness (QED) is 0.856. The standard InChI is InChI=1S/C18H24N4O2/c1-3-7-16-17(14(2)19-21-10-12-24-13-11-21)18(23)22(20-16)15-8-5-4-6-9-15/h4-6,8-9,20H,3,7,10-13H2,1-2H3/b19-14+. The summed E-state index contributed by atoms with van der Waals surface area (Å²) >= 11 is 0. The molecule has 1 aromatic heterocycles. The van der Waals surface area contributed by atoms with Gasteiger partial charge in [0.05, 0.1) is 43.3 Å². The van der Waals surface area contributed by atoms with Crippen LogP contribution in [-0.4, -0.2) is 46.8 Å². The molecule has 1 saturated heterocycles. The van der Waals surface area contributed by atoms with Crippen molar-refractivity contribution in [2.75, 3.05) is 26.3 Å². The Bertz CT molecular complexity index is 755. The van der Waals surface area contributed by atoms with Crippen molar-refractivity contribution in [2.24, 2.45) is 5.10 Å². The van der Waals surface area contributed by atoms with E-state index in [4.69, 9.17) is 4.74 Å². The highest BCUT2D eigenvalue weighted by atomic mass is 16.5. The van der Waals surface area contributed by atoms with Crippen molar-refractivity contribution in [1.29, 1.82) is 0 Å². The van der Waals surface area contributed by atoms with Crippen molar-refractivity contribution in [3.63, 3.8) is 0 Å². The first-order valence-corrected chi connectivity index (χ1v) is 8.48. The maximum Gasteiger partial charge on any atom is 0.280 e. The van der Waals surface area contributed by atoms with Crippen LogP contribution in [0.2, 0.25) is 0 Å². The molecule has 1 aliphatic rings. The maximum atomic E-state index is 13.0. The summed E-state index contributed by atoms with van der Waals surface area (Å²) in [5, 5.41) is 9.90. The Kier molecular flexibility index (Phi) is 5.15. The number of para-hydroxylation sites is 1. The van der Waals surface area contributed by atoms with Crippen LogP contribution < -0.4 is 5.56 Å². The van der Waals surface area contributed by atoms with Gasteiger partial charge in [-0.25, -0.2) is 4.68 Å². The van der Waals surface area contributed by atoms with E-state index in [1.54, 1.807) is 4.68 Å². The molecule has 0 unspecified atom stereocenters. The van der Waals surface area contributed by atoms with Crippen LogP contribution in [0.25, 0.3) is 5.69 Å². The predicted octanol–water partition coefficient (Wildman–Crippen LogP) is 2.17. The number of ether oxygens (including phenoxy) is 1. The molecule has 0 atom stereocenters. The van der Waals surface area contributed by atoms with Crippen molar-refractivity contribution in [1.82, 2.24) is 14.8 Å². The van der Waals surface area contributed by atoms with E-state index in [9.17, 15) is 4.79 Å². The number of nitrogens with zero attached hydrogens (tertiary/aromatic N) is 3. The van der Waals surface area contributed by atoms with Gasteiger partial charge in [0.25, 0.3) is 5.56 Å². The first kappa shape index (κ1) is 16.5. The molecule has 6 nitrogen and oxygen atoms in total. The van der Waals surface area contributed by atoms with Gasteiger partial charge < -0.3 is 4.74 Å². The SMILES string of the molecule is CCCc1[nH]n(-c2ccccc2)c(=O)c1/C(C)=N/N1CCOCC1. The summed E-state index contributed by atoms with van der Waals surface area (Å²) in [5.41, 5.74) is 3.19. The fraction of sp³-hybridized carbons (Fsp3) is 0.444. The van der Waals surface area contributed by atoms with E-state index in [1.165, 1.54) is 0 Å². The number of hydrazone groups is 1. The molecule has 1 aliphatic heterocycles. The molecule has 0 bridgehead atoms. The predicted molar refractivity (Wildman–Crippen MR) is 95.0 cm³/mol. The van der Waals surface area contributed by atoms with Gasteiger partial charge in [-0.1, -0.05) is 31.5 Å². The highest BCUT2D eigenvalue weighted by molar-refractivity contribution is 5.99. The van der Waals surface area contributed by atoms with E-state index < -0.39 is 0 Å². The zero-order valence-electron chi connectivity index (χ0n) is 14.3. The topological polar surface area (TPSA) is 62.6 Å². The number of hydrogen-bond acceptors (Lipinski definition) is 4. The summed E-state index contributed by atoms with van der Waals surface area (Å²) in [6.45, 7) is 6.90. The lowest BCUT2D eigenvalue weighted by Crippen LogP contribution is -2.33. The third-order valence-corrected chi connectivity index (χ3v) is 4.12. The Morgan fingerprint density at radius 3 is 2.62 bits per heavy atom. The lowest BCUT2D eigenvalue weighted by Gasteiger charge is -2.24. The van der Waals surface area contributed by atoms with Gasteiger partial charge >= 0.3 is 0 Å². The Balaban J connectivity index is 2.01. The van der Waals surface area contributed by atoms with Crippen molar-refractivity contribution in [3.8, 4) is 5.69 Å². The average molecular weight is 328 g/mol. The molecular formula is C18H24N4O2. The monoisotopic (exact) mass is 328 g/mol. The maximum absolute atomic E-state index is 13.0. The first-order chi connectivity index (χ1) is 11.7. The summed E-state index contributed by atoms with van der Waals surface area (Å²) in [4.78, 5) is 13.0. The molecule has 1 fully saturated rings. The van der Waals surface area contributed by atoms with Crippen LogP contribution in [-0.2, 0) is 11.2 Å². The minimum atomic E-state index is -0.0424. The van der Waals surface area contributed by atoms with E-state index >= 15 is 0 Å². The van der Waals surface area contributed by atoms with E-state index in [1.807, 2.05) is 42.3 Å². The van der Waals surface area contributed by atoms with Crippen LogP contribution in [0.5, 0.6) is 0 Å². The average Bonchev–Trinajstić information content (AvgIpc) is 2.93. The zero-order valence-corrected chi connectivity index (χ0v) is 14.3. The molecule has 0 aliphatic carbocycles. The van der Waals surface area contributed by atoms with Gasteiger partial charge in [0.2, 0.25) is 0 Å². The van der Waals surface area contributed by atoms with Crippen molar-refractivity contribution in [3.05, 3.63) is 51.9 Å². The smallest absolute Gasteiger partial charge is 0.280 e. The summed E-state index contributed by atoms with van der Waals surface area (Å²) < 4.78 is 6.96. The fourth-order valence-electron chi connectivity index (χ4n) is 2.96. The molecule has 24 heavy (non-hydrogen) atoms. The van der Waals surface area contributed by atoms with E-state index in [0.29, 0.717) is 18.8 Å². The molecule has 0 spiro atoms. The van der Waals surface area contributed by atoms with Crippen LogP contribution >= 0.6 is 0 Å². The van der Waals surface area contributed by atoms with Gasteiger partial charge in [0.1, 0.15) is 0 Å². The third-order valence-electron chi connectivity index (χ3n) is 4.12. The third kappa shape index (κ3) is 3.43. The largest absolute Gasteiger partial charge is 0.378 e. The summed E-state index contributed by atoms with van der Waals surface area (Å²) in [6, 6.07) is 9.64. The van der Waals surface area contributed by atoms with Crippen molar-refractivity contribution >= 4 is 5.71 Å². The minimum absolute atomic E-state index is 0.0424. The highest BCUT2D eigenvalue weighted by Gasteiger charge is 2.18. The van der Waals surface area contributed by atoms with Gasteiger partial charge in [-0.15, -0.1) is 0 Å². The number of benzene rings is 1. The first-order valence-electron chi connectivity index (χ1n) is 8.48. The van der Waals surface area contributed by atoms with E-state index in [2.05, 4.69) is 17.1 Å². The molecule has 2 aromatic rings. The van der Waals surface area contributed by atoms with Gasteiger partial charge in [-0.05, 0) is 25.5 Å². The number of hydrogen-bond donors (Lipinski definition) is 1. The Morgan fingerprint density at radius 2 is 1.96 bits per heavy atom. The van der Waals surface area contributed by atoms with E-state index in [-0.39, 0.29) is 5.56 Å². The van der Waals surface area contributed by atoms with Crippen LogP contribution in [0.3, 0.4) is 0 Å². The molecule has 128 valence electrons. The second kappa shape index (κ2) is 7.49. The Hall–Kier alpha value is -2.34. The number of nitrogens with one attached hydrogen (secondary N) is 1. The normalized spacial score (nSPS) is 15.8. The number of aromatic amines is 1. The summed E-state index contributed by atoms with van der Waals surface area (Å²) in [6.07, 6.45) is 1.78. The number of morpholine rings is 1. The molecular weight excluding hydrogens is 304 g/mol. The van der Waals surface area contributed by atoms with Crippen LogP contribution in [0.1, 0.15) is 31.5 Å². The molecule has 0 saturated carbocycles. The summed E-state index contributed by atoms with van der Waals surface area (Å²) in [5.74, 6) is 0. The van der Waals surface area contributed by atoms with Gasteiger partial charge in [0, 0.05) is 5.69 Å². The fourth-order valence-corrected chi connectivity index (χ4v) is 2.96. The van der Waals surface area contributed by atoms with Crippen molar-refractivity contribution in [2.45, 2.75) is 26.7 Å². The highest BCUT2D eigenvalue weighted by Crippen LogP contribution is 2.12. The van der Waals surface area contributed by atoms with Crippen LogP contribution in [0.15, 0.2) is 40.2 Å². The lowest BCUT2D eigenvalue weighted by atomic mass is 10.1. The van der Waals surface area contributed by atoms with Crippen LogP contribution in [0, 0.1) is 0 Å². The van der Waals surface area contributed by atoms with Crippen LogP contribution in [0.4, 0.5) is 0 Å². The molecule has 1 aromatic carbocycles. The number of H-pyrrole nitrogens is 1. The van der Waals surface area contributed by atoms with Gasteiger partial charge in [-0.2, -0.15) is 5.10 Å². The summed E-state index contributed by atoms with van der Waals surface area (Å²) in [7, 11) is 0. The second-order valence-corrected chi connectivity index (χ2v) is 5.94. The molecule has 0 radical (unpaired) electrons. The second-order valence-electron chi connectivity index (χ2n) is 5.94. The molecule has 0 amide bonds. The number of rotatable bonds is 5. The molecule has 6 heteroatoms.